The Morgan fingerprint density at radius 3 is 3.12 bits per heavy atom. The molecular weight excluding hydrogens is 206 g/mol. The zero-order valence-electron chi connectivity index (χ0n) is 9.90. The first-order valence-corrected chi connectivity index (χ1v) is 5.68. The molecular formula is C11H19N3O2. The topological polar surface area (TPSA) is 65.4 Å². The number of morpholine rings is 1. The van der Waals surface area contributed by atoms with Crippen molar-refractivity contribution in [3.63, 3.8) is 0 Å². The van der Waals surface area contributed by atoms with Crippen LogP contribution in [0.4, 0.5) is 0 Å². The fraction of sp³-hybridized carbons (Fsp3) is 0.818. The van der Waals surface area contributed by atoms with Gasteiger partial charge in [0.1, 0.15) is 5.92 Å². The summed E-state index contributed by atoms with van der Waals surface area (Å²) < 4.78 is 5.53. The van der Waals surface area contributed by atoms with Crippen molar-refractivity contribution in [3.8, 4) is 6.07 Å². The second-order valence-corrected chi connectivity index (χ2v) is 3.98. The van der Waals surface area contributed by atoms with Gasteiger partial charge in [-0.2, -0.15) is 5.26 Å². The molecule has 1 saturated heterocycles. The summed E-state index contributed by atoms with van der Waals surface area (Å²) in [7, 11) is 0. The predicted octanol–water partition coefficient (Wildman–Crippen LogP) is -0.0170. The first kappa shape index (κ1) is 12.9. The van der Waals surface area contributed by atoms with E-state index >= 15 is 0 Å². The Hall–Kier alpha value is -1.12. The third kappa shape index (κ3) is 3.80. The molecule has 0 spiro atoms. The van der Waals surface area contributed by atoms with E-state index in [2.05, 4.69) is 17.1 Å². The van der Waals surface area contributed by atoms with E-state index in [-0.39, 0.29) is 12.0 Å². The summed E-state index contributed by atoms with van der Waals surface area (Å²) in [4.78, 5) is 13.7. The molecule has 0 saturated carbocycles. The van der Waals surface area contributed by atoms with Gasteiger partial charge in [-0.15, -0.1) is 0 Å². The van der Waals surface area contributed by atoms with Gasteiger partial charge in [0.05, 0.1) is 18.8 Å². The van der Waals surface area contributed by atoms with Crippen molar-refractivity contribution in [2.75, 3.05) is 32.8 Å². The van der Waals surface area contributed by atoms with Crippen LogP contribution in [0.25, 0.3) is 0 Å². The van der Waals surface area contributed by atoms with Crippen LogP contribution in [0.1, 0.15) is 13.8 Å². The summed E-state index contributed by atoms with van der Waals surface area (Å²) in [5, 5.41) is 11.3. The van der Waals surface area contributed by atoms with Crippen LogP contribution < -0.4 is 5.32 Å². The van der Waals surface area contributed by atoms with E-state index in [4.69, 9.17) is 10.00 Å². The molecule has 0 aliphatic carbocycles. The van der Waals surface area contributed by atoms with Gasteiger partial charge < -0.3 is 10.1 Å². The van der Waals surface area contributed by atoms with Crippen LogP contribution in [0.3, 0.4) is 0 Å². The molecule has 0 aromatic heterocycles. The molecule has 5 heteroatoms. The Bertz CT molecular complexity index is 275. The number of hydrogen-bond donors (Lipinski definition) is 1. The van der Waals surface area contributed by atoms with Crippen molar-refractivity contribution in [1.29, 1.82) is 5.26 Å². The number of amides is 1. The number of carbonyl (C=O) groups excluding carboxylic acids is 1. The Kier molecular flexibility index (Phi) is 5.23. The zero-order valence-corrected chi connectivity index (χ0v) is 9.90. The lowest BCUT2D eigenvalue weighted by Crippen LogP contribution is -2.47. The van der Waals surface area contributed by atoms with Crippen molar-refractivity contribution >= 4 is 5.91 Å². The van der Waals surface area contributed by atoms with Gasteiger partial charge in [-0.25, -0.2) is 0 Å². The molecule has 90 valence electrons. The van der Waals surface area contributed by atoms with Crippen LogP contribution in [0.2, 0.25) is 0 Å². The van der Waals surface area contributed by atoms with Crippen molar-refractivity contribution in [3.05, 3.63) is 0 Å². The third-order valence-corrected chi connectivity index (χ3v) is 2.76. The van der Waals surface area contributed by atoms with Gasteiger partial charge in [0.25, 0.3) is 0 Å². The van der Waals surface area contributed by atoms with Crippen molar-refractivity contribution in [2.24, 2.45) is 5.92 Å². The zero-order chi connectivity index (χ0) is 12.0. The molecule has 0 bridgehead atoms. The van der Waals surface area contributed by atoms with Gasteiger partial charge in [0, 0.05) is 19.6 Å². The summed E-state index contributed by atoms with van der Waals surface area (Å²) in [5.74, 6) is -0.814. The quantitative estimate of drug-likeness (QED) is 0.730. The monoisotopic (exact) mass is 225 g/mol. The number of nitrogens with one attached hydrogen (secondary N) is 1. The molecule has 0 aromatic carbocycles. The van der Waals surface area contributed by atoms with E-state index in [1.165, 1.54) is 0 Å². The molecule has 2 atom stereocenters. The minimum absolute atomic E-state index is 0.0449. The largest absolute Gasteiger partial charge is 0.374 e. The summed E-state index contributed by atoms with van der Waals surface area (Å²) in [5.41, 5.74) is 0. The number of nitrogens with zero attached hydrogens (tertiary/aromatic N) is 2. The molecule has 1 heterocycles. The van der Waals surface area contributed by atoms with Gasteiger partial charge in [0.15, 0.2) is 0 Å². The third-order valence-electron chi connectivity index (χ3n) is 2.76. The van der Waals surface area contributed by atoms with Gasteiger partial charge in [0.2, 0.25) is 5.91 Å². The number of nitriles is 1. The van der Waals surface area contributed by atoms with E-state index in [1.54, 1.807) is 6.92 Å². The van der Waals surface area contributed by atoms with Gasteiger partial charge >= 0.3 is 0 Å². The van der Waals surface area contributed by atoms with Crippen LogP contribution in [0.5, 0.6) is 0 Å². The van der Waals surface area contributed by atoms with Crippen LogP contribution >= 0.6 is 0 Å². The standard InChI is InChI=1S/C11H19N3O2/c1-3-14-4-5-16-10(8-14)7-13-11(15)9(2)6-12/h9-10H,3-5,7-8H2,1-2H3,(H,13,15). The number of likely N-dealkylation sites (N-methyl/N-ethyl adjacent to an activating group) is 1. The minimum atomic E-state index is -0.592. The fourth-order valence-electron chi connectivity index (χ4n) is 1.62. The molecule has 5 nitrogen and oxygen atoms in total. The average Bonchev–Trinajstić information content (AvgIpc) is 2.35. The van der Waals surface area contributed by atoms with E-state index in [0.717, 1.165) is 19.6 Å². The highest BCUT2D eigenvalue weighted by atomic mass is 16.5. The molecule has 0 aromatic rings. The van der Waals surface area contributed by atoms with Gasteiger partial charge in [-0.1, -0.05) is 6.92 Å². The predicted molar refractivity (Wildman–Crippen MR) is 59.6 cm³/mol. The number of carbonyl (C=O) groups is 1. The molecule has 1 fully saturated rings. The van der Waals surface area contributed by atoms with Crippen LogP contribution in [-0.2, 0) is 9.53 Å². The maximum absolute atomic E-state index is 11.4. The maximum atomic E-state index is 11.4. The Morgan fingerprint density at radius 1 is 1.75 bits per heavy atom. The van der Waals surface area contributed by atoms with Gasteiger partial charge in [-0.05, 0) is 13.5 Å². The lowest BCUT2D eigenvalue weighted by molar-refractivity contribution is -0.124. The highest BCUT2D eigenvalue weighted by Crippen LogP contribution is 2.04. The summed E-state index contributed by atoms with van der Waals surface area (Å²) in [6.45, 7) is 7.70. The van der Waals surface area contributed by atoms with E-state index in [1.807, 2.05) is 6.07 Å². The Labute approximate surface area is 96.4 Å². The molecule has 16 heavy (non-hydrogen) atoms. The lowest BCUT2D eigenvalue weighted by atomic mass is 10.2. The Balaban J connectivity index is 2.27. The van der Waals surface area contributed by atoms with Crippen molar-refractivity contribution in [1.82, 2.24) is 10.2 Å². The maximum Gasteiger partial charge on any atom is 0.237 e. The molecule has 1 rings (SSSR count). The second kappa shape index (κ2) is 6.46. The lowest BCUT2D eigenvalue weighted by Gasteiger charge is -2.32. The average molecular weight is 225 g/mol. The molecule has 1 aliphatic heterocycles. The Morgan fingerprint density at radius 2 is 2.50 bits per heavy atom. The number of rotatable bonds is 4. The van der Waals surface area contributed by atoms with Crippen molar-refractivity contribution in [2.45, 2.75) is 20.0 Å². The fourth-order valence-corrected chi connectivity index (χ4v) is 1.62. The summed E-state index contributed by atoms with van der Waals surface area (Å²) in [6.07, 6.45) is 0.0449. The molecule has 1 amide bonds. The van der Waals surface area contributed by atoms with Crippen LogP contribution in [0, 0.1) is 17.2 Å². The molecule has 0 radical (unpaired) electrons. The molecule has 1 aliphatic rings. The SMILES string of the molecule is CCN1CCOC(CNC(=O)C(C)C#N)C1. The first-order chi connectivity index (χ1) is 7.67. The van der Waals surface area contributed by atoms with Crippen LogP contribution in [0.15, 0.2) is 0 Å². The number of hydrogen-bond acceptors (Lipinski definition) is 4. The van der Waals surface area contributed by atoms with E-state index < -0.39 is 5.92 Å². The summed E-state index contributed by atoms with van der Waals surface area (Å²) >= 11 is 0. The van der Waals surface area contributed by atoms with E-state index in [0.29, 0.717) is 13.2 Å². The van der Waals surface area contributed by atoms with E-state index in [9.17, 15) is 4.79 Å². The molecule has 1 N–H and O–H groups in total. The highest BCUT2D eigenvalue weighted by Gasteiger charge is 2.20. The first-order valence-electron chi connectivity index (χ1n) is 5.68. The normalized spacial score (nSPS) is 23.4. The number of ether oxygens (including phenoxy) is 1. The highest BCUT2D eigenvalue weighted by molar-refractivity contribution is 5.80. The van der Waals surface area contributed by atoms with Crippen molar-refractivity contribution < 1.29 is 9.53 Å². The minimum Gasteiger partial charge on any atom is -0.374 e. The smallest absolute Gasteiger partial charge is 0.237 e. The van der Waals surface area contributed by atoms with Crippen LogP contribution in [-0.4, -0.2) is 49.7 Å². The second-order valence-electron chi connectivity index (χ2n) is 3.98. The summed E-state index contributed by atoms with van der Waals surface area (Å²) in [6, 6.07) is 1.91. The molecule has 2 unspecified atom stereocenters. The van der Waals surface area contributed by atoms with Gasteiger partial charge in [-0.3, -0.25) is 9.69 Å².